The van der Waals surface area contributed by atoms with E-state index >= 15 is 0 Å². The number of hydrogen-bond donors (Lipinski definition) is 1. The van der Waals surface area contributed by atoms with Gasteiger partial charge in [-0.2, -0.15) is 5.10 Å². The summed E-state index contributed by atoms with van der Waals surface area (Å²) in [7, 11) is 1.66. The maximum atomic E-state index is 5.90. The van der Waals surface area contributed by atoms with Gasteiger partial charge in [-0.15, -0.1) is 0 Å². The van der Waals surface area contributed by atoms with Crippen LogP contribution in [0.15, 0.2) is 77.9 Å². The molecule has 138 valence electrons. The summed E-state index contributed by atoms with van der Waals surface area (Å²) in [6.07, 6.45) is 1.77. The van der Waals surface area contributed by atoms with Crippen LogP contribution in [0.4, 0.5) is 0 Å². The lowest BCUT2D eigenvalue weighted by molar-refractivity contribution is 0.306. The van der Waals surface area contributed by atoms with Gasteiger partial charge in [0.2, 0.25) is 0 Å². The number of para-hydroxylation sites is 1. The second kappa shape index (κ2) is 9.64. The third kappa shape index (κ3) is 5.76. The summed E-state index contributed by atoms with van der Waals surface area (Å²) in [4.78, 5) is 0. The SMILES string of the molecule is COc1ccccc1CN/N=C/c1cccc(OCc2ccc(Cl)cc2)c1. The van der Waals surface area contributed by atoms with Crippen LogP contribution in [0.1, 0.15) is 16.7 Å². The van der Waals surface area contributed by atoms with Gasteiger partial charge in [-0.05, 0) is 41.5 Å². The molecule has 0 aromatic heterocycles. The highest BCUT2D eigenvalue weighted by molar-refractivity contribution is 6.30. The van der Waals surface area contributed by atoms with Gasteiger partial charge in [-0.25, -0.2) is 0 Å². The normalized spacial score (nSPS) is 10.7. The Morgan fingerprint density at radius 1 is 1.00 bits per heavy atom. The number of hydrazone groups is 1. The first kappa shape index (κ1) is 18.8. The van der Waals surface area contributed by atoms with Crippen LogP contribution in [-0.2, 0) is 13.2 Å². The van der Waals surface area contributed by atoms with E-state index < -0.39 is 0 Å². The molecule has 0 aliphatic rings. The molecule has 27 heavy (non-hydrogen) atoms. The van der Waals surface area contributed by atoms with Crippen molar-refractivity contribution in [3.05, 3.63) is 94.5 Å². The van der Waals surface area contributed by atoms with E-state index in [1.165, 1.54) is 0 Å². The van der Waals surface area contributed by atoms with Gasteiger partial charge < -0.3 is 14.9 Å². The maximum Gasteiger partial charge on any atom is 0.123 e. The van der Waals surface area contributed by atoms with Gasteiger partial charge in [0.1, 0.15) is 18.1 Å². The largest absolute Gasteiger partial charge is 0.496 e. The van der Waals surface area contributed by atoms with Gasteiger partial charge >= 0.3 is 0 Å². The number of rotatable bonds is 8. The van der Waals surface area contributed by atoms with Gasteiger partial charge in [0.05, 0.1) is 19.9 Å². The summed E-state index contributed by atoms with van der Waals surface area (Å²) in [6.45, 7) is 1.08. The number of benzene rings is 3. The highest BCUT2D eigenvalue weighted by Gasteiger charge is 2.00. The summed E-state index contributed by atoms with van der Waals surface area (Å²) in [5, 5.41) is 5.00. The van der Waals surface area contributed by atoms with E-state index in [9.17, 15) is 0 Å². The second-order valence-corrected chi connectivity index (χ2v) is 6.33. The molecule has 0 atom stereocenters. The van der Waals surface area contributed by atoms with Crippen molar-refractivity contribution in [3.63, 3.8) is 0 Å². The fourth-order valence-corrected chi connectivity index (χ4v) is 2.66. The zero-order chi connectivity index (χ0) is 18.9. The van der Waals surface area contributed by atoms with E-state index in [1.54, 1.807) is 13.3 Å². The Labute approximate surface area is 164 Å². The fraction of sp³-hybridized carbons (Fsp3) is 0.136. The minimum absolute atomic E-state index is 0.490. The number of nitrogens with one attached hydrogen (secondary N) is 1. The van der Waals surface area contributed by atoms with E-state index in [0.717, 1.165) is 33.2 Å². The molecule has 3 aromatic carbocycles. The zero-order valence-electron chi connectivity index (χ0n) is 15.1. The standard InChI is InChI=1S/C22H21ClN2O2/c1-26-22-8-3-2-6-19(22)15-25-24-14-18-5-4-7-21(13-18)27-16-17-9-11-20(23)12-10-17/h2-14,25H,15-16H2,1H3/b24-14+. The Morgan fingerprint density at radius 3 is 2.63 bits per heavy atom. The van der Waals surface area contributed by atoms with Gasteiger partial charge in [-0.1, -0.05) is 54.1 Å². The van der Waals surface area contributed by atoms with Crippen molar-refractivity contribution >= 4 is 17.8 Å². The number of halogens is 1. The molecule has 0 saturated heterocycles. The lowest BCUT2D eigenvalue weighted by Gasteiger charge is -2.08. The van der Waals surface area contributed by atoms with Crippen molar-refractivity contribution in [1.29, 1.82) is 0 Å². The molecule has 0 spiro atoms. The quantitative estimate of drug-likeness (QED) is 0.439. The molecule has 0 heterocycles. The van der Waals surface area contributed by atoms with Crippen molar-refractivity contribution < 1.29 is 9.47 Å². The second-order valence-electron chi connectivity index (χ2n) is 5.89. The highest BCUT2D eigenvalue weighted by atomic mass is 35.5. The molecule has 0 unspecified atom stereocenters. The van der Waals surface area contributed by atoms with Crippen molar-refractivity contribution in [2.75, 3.05) is 7.11 Å². The highest BCUT2D eigenvalue weighted by Crippen LogP contribution is 2.17. The minimum atomic E-state index is 0.490. The Balaban J connectivity index is 1.53. The van der Waals surface area contributed by atoms with Crippen molar-refractivity contribution in [2.45, 2.75) is 13.2 Å². The smallest absolute Gasteiger partial charge is 0.123 e. The first-order valence-electron chi connectivity index (χ1n) is 8.60. The molecule has 0 bridgehead atoms. The molecule has 0 aliphatic carbocycles. The molecule has 0 amide bonds. The third-order valence-corrected chi connectivity index (χ3v) is 4.20. The molecule has 4 nitrogen and oxygen atoms in total. The van der Waals surface area contributed by atoms with Crippen LogP contribution in [0.25, 0.3) is 0 Å². The Kier molecular flexibility index (Phi) is 6.72. The average Bonchev–Trinajstić information content (AvgIpc) is 2.71. The van der Waals surface area contributed by atoms with Crippen LogP contribution >= 0.6 is 11.6 Å². The molecule has 0 radical (unpaired) electrons. The zero-order valence-corrected chi connectivity index (χ0v) is 15.8. The first-order valence-corrected chi connectivity index (χ1v) is 8.97. The monoisotopic (exact) mass is 380 g/mol. The molecule has 0 fully saturated rings. The van der Waals surface area contributed by atoms with Crippen LogP contribution in [0, 0.1) is 0 Å². The summed E-state index contributed by atoms with van der Waals surface area (Å²) in [5.41, 5.74) is 6.12. The predicted molar refractivity (Wildman–Crippen MR) is 110 cm³/mol. The van der Waals surface area contributed by atoms with Crippen LogP contribution < -0.4 is 14.9 Å². The first-order chi connectivity index (χ1) is 13.2. The topological polar surface area (TPSA) is 42.8 Å². The summed E-state index contributed by atoms with van der Waals surface area (Å²) < 4.78 is 11.2. The Hall–Kier alpha value is -2.98. The number of hydrogen-bond acceptors (Lipinski definition) is 4. The molecule has 0 aliphatic heterocycles. The van der Waals surface area contributed by atoms with Crippen molar-refractivity contribution in [2.24, 2.45) is 5.10 Å². The lowest BCUT2D eigenvalue weighted by Crippen LogP contribution is -2.06. The van der Waals surface area contributed by atoms with E-state index in [-0.39, 0.29) is 0 Å². The maximum absolute atomic E-state index is 5.90. The average molecular weight is 381 g/mol. The Morgan fingerprint density at radius 2 is 1.81 bits per heavy atom. The minimum Gasteiger partial charge on any atom is -0.496 e. The van der Waals surface area contributed by atoms with Crippen molar-refractivity contribution in [3.8, 4) is 11.5 Å². The Bertz CT molecular complexity index is 895. The molecule has 3 aromatic rings. The van der Waals surface area contributed by atoms with Crippen LogP contribution in [0.3, 0.4) is 0 Å². The van der Waals surface area contributed by atoms with Crippen LogP contribution in [0.5, 0.6) is 11.5 Å². The third-order valence-electron chi connectivity index (χ3n) is 3.94. The van der Waals surface area contributed by atoms with Gasteiger partial charge in [0.25, 0.3) is 0 Å². The summed E-state index contributed by atoms with van der Waals surface area (Å²) in [5.74, 6) is 1.64. The summed E-state index contributed by atoms with van der Waals surface area (Å²) in [6, 6.07) is 23.3. The van der Waals surface area contributed by atoms with E-state index in [0.29, 0.717) is 13.2 Å². The van der Waals surface area contributed by atoms with E-state index in [1.807, 2.05) is 72.8 Å². The summed E-state index contributed by atoms with van der Waals surface area (Å²) >= 11 is 5.90. The number of methoxy groups -OCH3 is 1. The van der Waals surface area contributed by atoms with Gasteiger partial charge in [0, 0.05) is 10.6 Å². The predicted octanol–water partition coefficient (Wildman–Crippen LogP) is 5.05. The number of nitrogens with zero attached hydrogens (tertiary/aromatic N) is 1. The van der Waals surface area contributed by atoms with Gasteiger partial charge in [-0.3, -0.25) is 0 Å². The number of ether oxygens (including phenoxy) is 2. The molecule has 5 heteroatoms. The molecule has 3 rings (SSSR count). The lowest BCUT2D eigenvalue weighted by atomic mass is 10.2. The van der Waals surface area contributed by atoms with E-state index in [2.05, 4.69) is 10.5 Å². The molecule has 0 saturated carbocycles. The van der Waals surface area contributed by atoms with Crippen LogP contribution in [-0.4, -0.2) is 13.3 Å². The molecular weight excluding hydrogens is 360 g/mol. The van der Waals surface area contributed by atoms with Crippen LogP contribution in [0.2, 0.25) is 5.02 Å². The fourth-order valence-electron chi connectivity index (χ4n) is 2.53. The molecular formula is C22H21ClN2O2. The van der Waals surface area contributed by atoms with E-state index in [4.69, 9.17) is 21.1 Å². The molecule has 1 N–H and O–H groups in total. The van der Waals surface area contributed by atoms with Crippen molar-refractivity contribution in [1.82, 2.24) is 5.43 Å². The van der Waals surface area contributed by atoms with Gasteiger partial charge in [0.15, 0.2) is 0 Å².